The van der Waals surface area contributed by atoms with E-state index in [9.17, 15) is 4.79 Å². The zero-order valence-electron chi connectivity index (χ0n) is 6.33. The Morgan fingerprint density at radius 2 is 2.36 bits per heavy atom. The molecular weight excluding hydrogens is 160 g/mol. The second-order valence-electron chi connectivity index (χ2n) is 2.74. The molecule has 0 aliphatic heterocycles. The van der Waals surface area contributed by atoms with E-state index in [1.807, 2.05) is 0 Å². The molecule has 0 radical (unpaired) electrons. The molecule has 1 fully saturated rings. The second kappa shape index (κ2) is 3.60. The molecule has 0 unspecified atom stereocenters. The number of hydrogen-bond donors (Lipinski definition) is 1. The van der Waals surface area contributed by atoms with Gasteiger partial charge in [-0.25, -0.2) is 4.99 Å². The van der Waals surface area contributed by atoms with Crippen molar-refractivity contribution in [3.05, 3.63) is 0 Å². The summed E-state index contributed by atoms with van der Waals surface area (Å²) in [4.78, 5) is 14.4. The lowest BCUT2D eigenvalue weighted by Crippen LogP contribution is -2.45. The highest BCUT2D eigenvalue weighted by Crippen LogP contribution is 2.22. The fourth-order valence-electron chi connectivity index (χ4n) is 1.17. The van der Waals surface area contributed by atoms with E-state index >= 15 is 0 Å². The lowest BCUT2D eigenvalue weighted by Gasteiger charge is -2.31. The van der Waals surface area contributed by atoms with Crippen LogP contribution in [0.4, 0.5) is 0 Å². The number of carbonyl (C=O) groups is 1. The summed E-state index contributed by atoms with van der Waals surface area (Å²) in [6.07, 6.45) is 1.81. The quantitative estimate of drug-likeness (QED) is 0.491. The van der Waals surface area contributed by atoms with Gasteiger partial charge in [0, 0.05) is 13.0 Å². The van der Waals surface area contributed by atoms with Crippen LogP contribution in [0.5, 0.6) is 0 Å². The smallest absolute Gasteiger partial charge is 0.217 e. The Morgan fingerprint density at radius 1 is 1.73 bits per heavy atom. The minimum Gasteiger partial charge on any atom is -0.353 e. The van der Waals surface area contributed by atoms with Gasteiger partial charge in [0.1, 0.15) is 0 Å². The molecule has 60 valence electrons. The Labute approximate surface area is 70.9 Å². The number of thiocarbonyl (C=S) groups is 1. The summed E-state index contributed by atoms with van der Waals surface area (Å²) in [6.45, 7) is 1.52. The van der Waals surface area contributed by atoms with Crippen molar-refractivity contribution in [3.63, 3.8) is 0 Å². The van der Waals surface area contributed by atoms with Crippen LogP contribution < -0.4 is 5.32 Å². The highest BCUT2D eigenvalue weighted by atomic mass is 32.1. The van der Waals surface area contributed by atoms with E-state index in [-0.39, 0.29) is 5.91 Å². The maximum Gasteiger partial charge on any atom is 0.217 e. The van der Waals surface area contributed by atoms with Gasteiger partial charge in [0.2, 0.25) is 5.91 Å². The van der Waals surface area contributed by atoms with Crippen LogP contribution in [0.1, 0.15) is 19.8 Å². The third-order valence-electron chi connectivity index (χ3n) is 1.76. The summed E-state index contributed by atoms with van der Waals surface area (Å²) in [5, 5.41) is 5.15. The van der Waals surface area contributed by atoms with Crippen molar-refractivity contribution in [1.29, 1.82) is 0 Å². The molecule has 1 aliphatic carbocycles. The van der Waals surface area contributed by atoms with Crippen molar-refractivity contribution in [2.24, 2.45) is 4.99 Å². The monoisotopic (exact) mass is 170 g/mol. The van der Waals surface area contributed by atoms with E-state index in [2.05, 4.69) is 27.7 Å². The van der Waals surface area contributed by atoms with Crippen LogP contribution in [0.2, 0.25) is 0 Å². The first-order valence-electron chi connectivity index (χ1n) is 3.56. The van der Waals surface area contributed by atoms with Gasteiger partial charge >= 0.3 is 0 Å². The molecule has 1 amide bonds. The van der Waals surface area contributed by atoms with Crippen LogP contribution in [0.3, 0.4) is 0 Å². The fraction of sp³-hybridized carbons (Fsp3) is 0.714. The Bertz CT molecular complexity index is 204. The van der Waals surface area contributed by atoms with Crippen molar-refractivity contribution < 1.29 is 4.79 Å². The van der Waals surface area contributed by atoms with E-state index in [1.54, 1.807) is 0 Å². The molecule has 0 spiro atoms. The molecule has 0 bridgehead atoms. The average Bonchev–Trinajstić information content (AvgIpc) is 1.82. The van der Waals surface area contributed by atoms with Crippen molar-refractivity contribution in [3.8, 4) is 0 Å². The number of carbonyl (C=O) groups excluding carboxylic acids is 1. The molecule has 0 aromatic carbocycles. The van der Waals surface area contributed by atoms with Gasteiger partial charge in [0.05, 0.1) is 11.2 Å². The van der Waals surface area contributed by atoms with Crippen LogP contribution in [0.15, 0.2) is 4.99 Å². The molecule has 0 saturated heterocycles. The highest BCUT2D eigenvalue weighted by Gasteiger charge is 2.28. The summed E-state index contributed by atoms with van der Waals surface area (Å²) >= 11 is 4.45. The topological polar surface area (TPSA) is 41.5 Å². The summed E-state index contributed by atoms with van der Waals surface area (Å²) < 4.78 is 0. The van der Waals surface area contributed by atoms with E-state index in [4.69, 9.17) is 0 Å². The normalized spacial score (nSPS) is 28.1. The number of nitrogens with one attached hydrogen (secondary N) is 1. The second-order valence-corrected chi connectivity index (χ2v) is 2.93. The summed E-state index contributed by atoms with van der Waals surface area (Å²) in [6, 6.07) is 0.606. The number of amides is 1. The van der Waals surface area contributed by atoms with E-state index in [1.165, 1.54) is 6.92 Å². The zero-order valence-corrected chi connectivity index (χ0v) is 7.15. The van der Waals surface area contributed by atoms with Crippen molar-refractivity contribution in [2.45, 2.75) is 31.8 Å². The van der Waals surface area contributed by atoms with Gasteiger partial charge in [0.25, 0.3) is 0 Å². The maximum atomic E-state index is 10.5. The lowest BCUT2D eigenvalue weighted by atomic mass is 9.87. The molecular formula is C7H10N2OS. The summed E-state index contributed by atoms with van der Waals surface area (Å²) in [5.74, 6) is 0.0276. The van der Waals surface area contributed by atoms with Gasteiger partial charge in [0.15, 0.2) is 0 Å². The number of nitrogens with zero attached hydrogens (tertiary/aromatic N) is 1. The molecule has 1 saturated carbocycles. The van der Waals surface area contributed by atoms with Gasteiger partial charge in [-0.2, -0.15) is 0 Å². The fourth-order valence-corrected chi connectivity index (χ4v) is 1.32. The molecule has 0 aromatic rings. The Kier molecular flexibility index (Phi) is 2.74. The standard InChI is InChI=1S/C7H10N2OS/c1-5(10)9-7-2-6(3-7)8-4-11/h6-7H,2-3H2,1H3,(H,9,10). The van der Waals surface area contributed by atoms with Crippen LogP contribution in [-0.2, 0) is 4.79 Å². The number of hydrogen-bond acceptors (Lipinski definition) is 3. The third kappa shape index (κ3) is 2.41. The summed E-state index contributed by atoms with van der Waals surface area (Å²) in [7, 11) is 0. The molecule has 3 nitrogen and oxygen atoms in total. The average molecular weight is 170 g/mol. The van der Waals surface area contributed by atoms with Gasteiger partial charge in [-0.1, -0.05) is 0 Å². The van der Waals surface area contributed by atoms with Gasteiger partial charge < -0.3 is 5.32 Å². The SMILES string of the molecule is CC(=O)NC1CC(N=C=S)C1. The van der Waals surface area contributed by atoms with Crippen LogP contribution >= 0.6 is 12.2 Å². The Balaban J connectivity index is 2.19. The van der Waals surface area contributed by atoms with Gasteiger partial charge in [-0.15, -0.1) is 0 Å². The maximum absolute atomic E-state index is 10.5. The van der Waals surface area contributed by atoms with Crippen LogP contribution in [0, 0.1) is 0 Å². The number of aliphatic imine (C=N–C) groups is 1. The first-order valence-corrected chi connectivity index (χ1v) is 3.97. The minimum absolute atomic E-state index is 0.0276. The first-order chi connectivity index (χ1) is 5.22. The molecule has 1 rings (SSSR count). The molecule has 11 heavy (non-hydrogen) atoms. The van der Waals surface area contributed by atoms with Crippen molar-refractivity contribution in [1.82, 2.24) is 5.32 Å². The van der Waals surface area contributed by atoms with E-state index in [0.717, 1.165) is 12.8 Å². The van der Waals surface area contributed by atoms with Crippen LogP contribution in [-0.4, -0.2) is 23.2 Å². The molecule has 0 atom stereocenters. The molecule has 0 aromatic heterocycles. The van der Waals surface area contributed by atoms with E-state index < -0.39 is 0 Å². The van der Waals surface area contributed by atoms with Gasteiger partial charge in [-0.3, -0.25) is 4.79 Å². The molecule has 1 aliphatic rings. The van der Waals surface area contributed by atoms with Crippen LogP contribution in [0.25, 0.3) is 0 Å². The molecule has 0 heterocycles. The zero-order chi connectivity index (χ0) is 8.27. The Morgan fingerprint density at radius 3 is 2.82 bits per heavy atom. The van der Waals surface area contributed by atoms with Crippen molar-refractivity contribution >= 4 is 23.3 Å². The predicted octanol–water partition coefficient (Wildman–Crippen LogP) is 0.756. The van der Waals surface area contributed by atoms with Gasteiger partial charge in [-0.05, 0) is 25.1 Å². The largest absolute Gasteiger partial charge is 0.353 e. The number of rotatable bonds is 2. The third-order valence-corrected chi connectivity index (χ3v) is 1.86. The molecule has 4 heteroatoms. The highest BCUT2D eigenvalue weighted by molar-refractivity contribution is 7.78. The number of isothiocyanates is 1. The predicted molar refractivity (Wildman–Crippen MR) is 45.7 cm³/mol. The molecule has 1 N–H and O–H groups in total. The lowest BCUT2D eigenvalue weighted by molar-refractivity contribution is -0.120. The Hall–Kier alpha value is -0.730. The summed E-state index contributed by atoms with van der Waals surface area (Å²) in [5.41, 5.74) is 0. The van der Waals surface area contributed by atoms with Crippen molar-refractivity contribution in [2.75, 3.05) is 0 Å². The first kappa shape index (κ1) is 8.37. The minimum atomic E-state index is 0.0276. The van der Waals surface area contributed by atoms with E-state index in [0.29, 0.717) is 12.1 Å².